The Morgan fingerprint density at radius 3 is 2.41 bits per heavy atom. The number of hydrogen-bond donors (Lipinski definition) is 2. The van der Waals surface area contributed by atoms with E-state index in [2.05, 4.69) is 21.6 Å². The number of ether oxygens (including phenoxy) is 2. The number of rotatable bonds is 7. The van der Waals surface area contributed by atoms with Crippen molar-refractivity contribution in [2.75, 3.05) is 19.5 Å². The molecule has 2 N–H and O–H groups in total. The molecule has 0 radical (unpaired) electrons. The van der Waals surface area contributed by atoms with Gasteiger partial charge in [0.15, 0.2) is 0 Å². The van der Waals surface area contributed by atoms with Crippen molar-refractivity contribution in [3.05, 3.63) is 58.6 Å². The van der Waals surface area contributed by atoms with Gasteiger partial charge in [-0.2, -0.15) is 5.26 Å². The number of methoxy groups -OCH3 is 2. The molecule has 1 heterocycles. The summed E-state index contributed by atoms with van der Waals surface area (Å²) in [6.07, 6.45) is 0. The van der Waals surface area contributed by atoms with Crippen LogP contribution in [0, 0.1) is 11.3 Å². The van der Waals surface area contributed by atoms with Crippen molar-refractivity contribution in [1.82, 2.24) is 10.2 Å². The molecule has 8 heteroatoms. The minimum Gasteiger partial charge on any atom is -0.497 e. The molecule has 7 nitrogen and oxygen atoms in total. The summed E-state index contributed by atoms with van der Waals surface area (Å²) >= 11 is 1.25. The average Bonchev–Trinajstić information content (AvgIpc) is 3.17. The van der Waals surface area contributed by atoms with Crippen molar-refractivity contribution >= 4 is 22.2 Å². The van der Waals surface area contributed by atoms with Crippen LogP contribution in [0.5, 0.6) is 11.5 Å². The third-order valence-corrected chi connectivity index (χ3v) is 4.82. The first-order chi connectivity index (χ1) is 13.2. The van der Waals surface area contributed by atoms with Gasteiger partial charge in [0.25, 0.3) is 0 Å². The van der Waals surface area contributed by atoms with Gasteiger partial charge in [-0.25, -0.2) is 0 Å². The van der Waals surface area contributed by atoms with E-state index in [0.29, 0.717) is 15.9 Å². The maximum absolute atomic E-state index is 9.85. The summed E-state index contributed by atoms with van der Waals surface area (Å²) in [6.45, 7) is -0.165. The van der Waals surface area contributed by atoms with E-state index in [9.17, 15) is 5.26 Å². The van der Waals surface area contributed by atoms with Gasteiger partial charge in [-0.15, -0.1) is 10.2 Å². The lowest BCUT2D eigenvalue weighted by Gasteiger charge is -2.17. The number of hydrogen-bond acceptors (Lipinski definition) is 8. The first-order valence-electron chi connectivity index (χ1n) is 8.10. The Balaban J connectivity index is 2.00. The largest absolute Gasteiger partial charge is 0.497 e. The van der Waals surface area contributed by atoms with E-state index in [1.807, 2.05) is 42.5 Å². The Hall–Kier alpha value is -3.15. The maximum Gasteiger partial charge on any atom is 0.210 e. The zero-order valence-corrected chi connectivity index (χ0v) is 15.7. The van der Waals surface area contributed by atoms with E-state index in [-0.39, 0.29) is 6.61 Å². The molecule has 0 aliphatic carbocycles. The van der Waals surface area contributed by atoms with E-state index < -0.39 is 5.92 Å². The van der Waals surface area contributed by atoms with Crippen LogP contribution >= 0.6 is 11.3 Å². The summed E-state index contributed by atoms with van der Waals surface area (Å²) in [6, 6.07) is 15.2. The van der Waals surface area contributed by atoms with Crippen LogP contribution in [-0.4, -0.2) is 29.5 Å². The van der Waals surface area contributed by atoms with E-state index in [0.717, 1.165) is 22.6 Å². The van der Waals surface area contributed by atoms with Gasteiger partial charge in [0.05, 0.1) is 32.8 Å². The van der Waals surface area contributed by atoms with E-state index in [1.54, 1.807) is 14.2 Å². The second-order valence-electron chi connectivity index (χ2n) is 5.57. The molecule has 0 aliphatic rings. The van der Waals surface area contributed by atoms with Crippen LogP contribution < -0.4 is 14.8 Å². The Kier molecular flexibility index (Phi) is 5.86. The molecule has 3 rings (SSSR count). The predicted molar refractivity (Wildman–Crippen MR) is 103 cm³/mol. The zero-order valence-electron chi connectivity index (χ0n) is 14.8. The summed E-state index contributed by atoms with van der Waals surface area (Å²) in [5, 5.41) is 31.2. The van der Waals surface area contributed by atoms with Crippen molar-refractivity contribution < 1.29 is 14.6 Å². The standard InChI is InChI=1S/C19H18N4O3S/c1-25-13-5-3-12(4-6-13)16(10-20)15-9-14(26-2)7-8-17(15)21-19-23-22-18(11-24)27-19/h3-9,16,24H,11H2,1-2H3,(H,21,23). The van der Waals surface area contributed by atoms with E-state index in [1.165, 1.54) is 11.3 Å². The molecule has 0 bridgehead atoms. The highest BCUT2D eigenvalue weighted by molar-refractivity contribution is 7.15. The fraction of sp³-hybridized carbons (Fsp3) is 0.211. The van der Waals surface area contributed by atoms with Crippen molar-refractivity contribution in [2.24, 2.45) is 0 Å². The lowest BCUT2D eigenvalue weighted by atomic mass is 9.91. The lowest BCUT2D eigenvalue weighted by molar-refractivity contribution is 0.280. The average molecular weight is 382 g/mol. The van der Waals surface area contributed by atoms with Gasteiger partial charge in [-0.3, -0.25) is 0 Å². The number of nitrogens with one attached hydrogen (secondary N) is 1. The SMILES string of the molecule is COc1ccc(C(C#N)c2cc(OC)ccc2Nc2nnc(CO)s2)cc1. The number of aliphatic hydroxyl groups is 1. The molecule has 0 saturated carbocycles. The van der Waals surface area contributed by atoms with Crippen molar-refractivity contribution in [3.63, 3.8) is 0 Å². The second-order valence-corrected chi connectivity index (χ2v) is 6.63. The minimum atomic E-state index is -0.515. The summed E-state index contributed by atoms with van der Waals surface area (Å²) in [5.41, 5.74) is 2.31. The molecular weight excluding hydrogens is 364 g/mol. The molecular formula is C19H18N4O3S. The Morgan fingerprint density at radius 1 is 1.11 bits per heavy atom. The molecule has 1 unspecified atom stereocenters. The predicted octanol–water partition coefficient (Wildman–Crippen LogP) is 3.45. The van der Waals surface area contributed by atoms with Gasteiger partial charge in [0, 0.05) is 11.3 Å². The van der Waals surface area contributed by atoms with Gasteiger partial charge < -0.3 is 19.9 Å². The topological polar surface area (TPSA) is 100 Å². The lowest BCUT2D eigenvalue weighted by Crippen LogP contribution is -2.04. The van der Waals surface area contributed by atoms with E-state index >= 15 is 0 Å². The van der Waals surface area contributed by atoms with Crippen LogP contribution in [0.3, 0.4) is 0 Å². The quantitative estimate of drug-likeness (QED) is 0.645. The van der Waals surface area contributed by atoms with Gasteiger partial charge in [0.2, 0.25) is 5.13 Å². The number of anilines is 2. The third kappa shape index (κ3) is 4.16. The first kappa shape index (κ1) is 18.6. The monoisotopic (exact) mass is 382 g/mol. The Bertz CT molecular complexity index is 950. The molecule has 1 aromatic heterocycles. The van der Waals surface area contributed by atoms with Gasteiger partial charge >= 0.3 is 0 Å². The van der Waals surface area contributed by atoms with Crippen LogP contribution in [-0.2, 0) is 6.61 Å². The first-order valence-corrected chi connectivity index (χ1v) is 8.92. The van der Waals surface area contributed by atoms with Gasteiger partial charge in [-0.1, -0.05) is 23.5 Å². The van der Waals surface area contributed by atoms with Crippen LogP contribution in [0.2, 0.25) is 0 Å². The highest BCUT2D eigenvalue weighted by atomic mass is 32.1. The molecule has 3 aromatic rings. The summed E-state index contributed by atoms with van der Waals surface area (Å²) in [5.74, 6) is 0.862. The molecule has 0 fully saturated rings. The highest BCUT2D eigenvalue weighted by Gasteiger charge is 2.19. The number of aliphatic hydroxyl groups excluding tert-OH is 1. The molecule has 0 saturated heterocycles. The van der Waals surface area contributed by atoms with Crippen LogP contribution in [0.25, 0.3) is 0 Å². The molecule has 0 spiro atoms. The molecule has 138 valence electrons. The normalized spacial score (nSPS) is 11.5. The van der Waals surface area contributed by atoms with Crippen molar-refractivity contribution in [1.29, 1.82) is 5.26 Å². The molecule has 0 aliphatic heterocycles. The zero-order chi connectivity index (χ0) is 19.2. The minimum absolute atomic E-state index is 0.165. The van der Waals surface area contributed by atoms with Gasteiger partial charge in [0.1, 0.15) is 16.5 Å². The number of nitrogens with zero attached hydrogens (tertiary/aromatic N) is 3. The number of aromatic nitrogens is 2. The van der Waals surface area contributed by atoms with E-state index in [4.69, 9.17) is 14.6 Å². The summed E-state index contributed by atoms with van der Waals surface area (Å²) in [4.78, 5) is 0. The fourth-order valence-corrected chi connectivity index (χ4v) is 3.24. The van der Waals surface area contributed by atoms with Crippen molar-refractivity contribution in [3.8, 4) is 17.6 Å². The Labute approximate surface area is 160 Å². The molecule has 1 atom stereocenters. The molecule has 2 aromatic carbocycles. The Morgan fingerprint density at radius 2 is 1.81 bits per heavy atom. The maximum atomic E-state index is 9.85. The van der Waals surface area contributed by atoms with Gasteiger partial charge in [-0.05, 0) is 35.9 Å². The fourth-order valence-electron chi connectivity index (χ4n) is 2.62. The second kappa shape index (κ2) is 8.49. The summed E-state index contributed by atoms with van der Waals surface area (Å²) in [7, 11) is 3.18. The van der Waals surface area contributed by atoms with Crippen molar-refractivity contribution in [2.45, 2.75) is 12.5 Å². The van der Waals surface area contributed by atoms with Crippen LogP contribution in [0.4, 0.5) is 10.8 Å². The highest BCUT2D eigenvalue weighted by Crippen LogP contribution is 2.35. The van der Waals surface area contributed by atoms with Crippen LogP contribution in [0.1, 0.15) is 22.1 Å². The summed E-state index contributed by atoms with van der Waals surface area (Å²) < 4.78 is 10.5. The smallest absolute Gasteiger partial charge is 0.210 e. The van der Waals surface area contributed by atoms with Crippen LogP contribution in [0.15, 0.2) is 42.5 Å². The molecule has 27 heavy (non-hydrogen) atoms. The number of benzene rings is 2. The third-order valence-electron chi connectivity index (χ3n) is 3.99. The number of nitriles is 1. The molecule has 0 amide bonds.